The van der Waals surface area contributed by atoms with Gasteiger partial charge in [-0.2, -0.15) is 0 Å². The Morgan fingerprint density at radius 1 is 1.53 bits per heavy atom. The average Bonchev–Trinajstić information content (AvgIpc) is 2.18. The van der Waals surface area contributed by atoms with Gasteiger partial charge in [0, 0.05) is 5.56 Å². The van der Waals surface area contributed by atoms with Gasteiger partial charge in [0.05, 0.1) is 6.04 Å². The first-order valence-electron chi connectivity index (χ1n) is 4.70. The molecule has 0 saturated heterocycles. The molecule has 0 bridgehead atoms. The highest BCUT2D eigenvalue weighted by Gasteiger charge is 2.09. The van der Waals surface area contributed by atoms with Crippen molar-refractivity contribution in [1.82, 2.24) is 0 Å². The van der Waals surface area contributed by atoms with E-state index in [1.54, 1.807) is 18.2 Å². The molecular weight excluding hydrogens is 190 g/mol. The molecule has 80 valence electrons. The number of ketones is 1. The van der Waals surface area contributed by atoms with Crippen molar-refractivity contribution in [1.29, 1.82) is 5.41 Å². The molecule has 0 saturated carbocycles. The molecule has 0 fully saturated rings. The fraction of sp³-hybridized carbons (Fsp3) is 0.273. The van der Waals surface area contributed by atoms with Crippen molar-refractivity contribution in [2.75, 3.05) is 0 Å². The maximum atomic E-state index is 11.0. The summed E-state index contributed by atoms with van der Waals surface area (Å²) in [6.07, 6.45) is 0.483. The number of nitrogens with one attached hydrogen (secondary N) is 1. The van der Waals surface area contributed by atoms with Crippen LogP contribution < -0.4 is 11.5 Å². The van der Waals surface area contributed by atoms with E-state index >= 15 is 0 Å². The first-order valence-corrected chi connectivity index (χ1v) is 4.70. The maximum Gasteiger partial charge on any atom is 0.146 e. The Labute approximate surface area is 88.8 Å². The second kappa shape index (κ2) is 4.70. The van der Waals surface area contributed by atoms with Gasteiger partial charge in [0.25, 0.3) is 0 Å². The van der Waals surface area contributed by atoms with E-state index in [0.29, 0.717) is 12.0 Å². The van der Waals surface area contributed by atoms with Gasteiger partial charge in [0.15, 0.2) is 0 Å². The number of nitrogens with two attached hydrogens (primary N) is 2. The minimum atomic E-state index is -0.479. The van der Waals surface area contributed by atoms with Gasteiger partial charge >= 0.3 is 0 Å². The Balaban J connectivity index is 2.82. The zero-order chi connectivity index (χ0) is 11.4. The number of amidine groups is 1. The highest BCUT2D eigenvalue weighted by molar-refractivity contribution is 5.95. The van der Waals surface area contributed by atoms with E-state index in [-0.39, 0.29) is 11.6 Å². The Morgan fingerprint density at radius 3 is 2.73 bits per heavy atom. The Morgan fingerprint density at radius 2 is 2.20 bits per heavy atom. The first-order chi connectivity index (χ1) is 7.00. The summed E-state index contributed by atoms with van der Waals surface area (Å²) in [5.41, 5.74) is 12.6. The van der Waals surface area contributed by atoms with Gasteiger partial charge in [-0.05, 0) is 25.0 Å². The van der Waals surface area contributed by atoms with E-state index in [1.807, 2.05) is 6.07 Å². The van der Waals surface area contributed by atoms with Crippen LogP contribution in [0.3, 0.4) is 0 Å². The van der Waals surface area contributed by atoms with Crippen LogP contribution in [-0.2, 0) is 11.2 Å². The summed E-state index contributed by atoms with van der Waals surface area (Å²) in [5, 5.41) is 7.28. The monoisotopic (exact) mass is 205 g/mol. The van der Waals surface area contributed by atoms with Crippen LogP contribution in [0, 0.1) is 5.41 Å². The average molecular weight is 205 g/mol. The van der Waals surface area contributed by atoms with Crippen molar-refractivity contribution in [3.63, 3.8) is 0 Å². The van der Waals surface area contributed by atoms with Crippen molar-refractivity contribution in [3.05, 3.63) is 35.4 Å². The molecule has 0 radical (unpaired) electrons. The van der Waals surface area contributed by atoms with Gasteiger partial charge in [-0.1, -0.05) is 18.2 Å². The third kappa shape index (κ3) is 3.18. The molecule has 0 heterocycles. The molecule has 0 aliphatic heterocycles. The van der Waals surface area contributed by atoms with Crippen molar-refractivity contribution < 1.29 is 4.79 Å². The fourth-order valence-corrected chi connectivity index (χ4v) is 1.26. The first kappa shape index (κ1) is 11.4. The Bertz CT molecular complexity index is 387. The number of carbonyl (C=O) groups excluding carboxylic acids is 1. The predicted octanol–water partition coefficient (Wildman–Crippen LogP) is 0.429. The van der Waals surface area contributed by atoms with E-state index in [0.717, 1.165) is 5.56 Å². The topological polar surface area (TPSA) is 93.0 Å². The second-order valence-corrected chi connectivity index (χ2v) is 3.54. The van der Waals surface area contributed by atoms with Gasteiger partial charge in [-0.3, -0.25) is 10.2 Å². The molecule has 5 N–H and O–H groups in total. The molecule has 0 amide bonds. The third-order valence-corrected chi connectivity index (χ3v) is 2.22. The number of hydrogen-bond acceptors (Lipinski definition) is 3. The molecule has 15 heavy (non-hydrogen) atoms. The quantitative estimate of drug-likeness (QED) is 0.491. The highest BCUT2D eigenvalue weighted by Crippen LogP contribution is 2.07. The summed E-state index contributed by atoms with van der Waals surface area (Å²) in [5.74, 6) is -0.0172. The molecule has 1 unspecified atom stereocenters. The number of Topliss-reactive ketones (excluding diaryl/α,β-unsaturated/α-hetero) is 1. The number of hydrogen-bond donors (Lipinski definition) is 3. The number of carbonyl (C=O) groups is 1. The van der Waals surface area contributed by atoms with E-state index < -0.39 is 6.04 Å². The van der Waals surface area contributed by atoms with E-state index in [9.17, 15) is 4.79 Å². The zero-order valence-corrected chi connectivity index (χ0v) is 8.66. The summed E-state index contributed by atoms with van der Waals surface area (Å²) in [4.78, 5) is 11.0. The number of nitrogen functional groups attached to an aromatic ring is 1. The van der Waals surface area contributed by atoms with Crippen molar-refractivity contribution in [2.45, 2.75) is 19.4 Å². The summed E-state index contributed by atoms with van der Waals surface area (Å²) >= 11 is 0. The smallest absolute Gasteiger partial charge is 0.146 e. The summed E-state index contributed by atoms with van der Waals surface area (Å²) in [6.45, 7) is 1.47. The van der Waals surface area contributed by atoms with Gasteiger partial charge < -0.3 is 11.5 Å². The molecule has 0 aromatic heterocycles. The van der Waals surface area contributed by atoms with Gasteiger partial charge in [0.2, 0.25) is 0 Å². The molecular formula is C11H15N3O. The second-order valence-electron chi connectivity index (χ2n) is 3.54. The zero-order valence-electron chi connectivity index (χ0n) is 8.66. The SMILES string of the molecule is CC(=O)C(N)Cc1cccc(C(=N)N)c1. The lowest BCUT2D eigenvalue weighted by molar-refractivity contribution is -0.118. The molecule has 1 aromatic rings. The van der Waals surface area contributed by atoms with Crippen LogP contribution in [0.1, 0.15) is 18.1 Å². The standard InChI is InChI=1S/C11H15N3O/c1-7(15)10(12)6-8-3-2-4-9(5-8)11(13)14/h2-5,10H,6,12H2,1H3,(H3,13,14). The molecule has 1 aromatic carbocycles. The van der Waals surface area contributed by atoms with Crippen LogP contribution in [0.25, 0.3) is 0 Å². The minimum absolute atomic E-state index is 0.0215. The summed E-state index contributed by atoms with van der Waals surface area (Å²) < 4.78 is 0. The molecule has 0 aliphatic rings. The Kier molecular flexibility index (Phi) is 3.57. The van der Waals surface area contributed by atoms with Crippen LogP contribution in [-0.4, -0.2) is 17.7 Å². The molecule has 1 rings (SSSR count). The van der Waals surface area contributed by atoms with Crippen LogP contribution in [0.5, 0.6) is 0 Å². The lowest BCUT2D eigenvalue weighted by Crippen LogP contribution is -2.30. The highest BCUT2D eigenvalue weighted by atomic mass is 16.1. The van der Waals surface area contributed by atoms with E-state index in [2.05, 4.69) is 0 Å². The molecule has 0 aliphatic carbocycles. The van der Waals surface area contributed by atoms with Gasteiger partial charge in [-0.25, -0.2) is 0 Å². The molecule has 4 heteroatoms. The molecule has 1 atom stereocenters. The van der Waals surface area contributed by atoms with Gasteiger partial charge in [0.1, 0.15) is 11.6 Å². The Hall–Kier alpha value is -1.68. The normalized spacial score (nSPS) is 12.1. The van der Waals surface area contributed by atoms with Crippen LogP contribution in [0.2, 0.25) is 0 Å². The predicted molar refractivity (Wildman–Crippen MR) is 59.8 cm³/mol. The minimum Gasteiger partial charge on any atom is -0.384 e. The lowest BCUT2D eigenvalue weighted by Gasteiger charge is -2.08. The van der Waals surface area contributed by atoms with Gasteiger partial charge in [-0.15, -0.1) is 0 Å². The van der Waals surface area contributed by atoms with Crippen molar-refractivity contribution in [3.8, 4) is 0 Å². The van der Waals surface area contributed by atoms with E-state index in [4.69, 9.17) is 16.9 Å². The lowest BCUT2D eigenvalue weighted by atomic mass is 10.0. The summed E-state index contributed by atoms with van der Waals surface area (Å²) in [6, 6.07) is 6.73. The third-order valence-electron chi connectivity index (χ3n) is 2.22. The largest absolute Gasteiger partial charge is 0.384 e. The van der Waals surface area contributed by atoms with Crippen LogP contribution >= 0.6 is 0 Å². The molecule has 4 nitrogen and oxygen atoms in total. The summed E-state index contributed by atoms with van der Waals surface area (Å²) in [7, 11) is 0. The number of rotatable bonds is 4. The van der Waals surface area contributed by atoms with Crippen molar-refractivity contribution in [2.24, 2.45) is 11.5 Å². The number of benzene rings is 1. The fourth-order valence-electron chi connectivity index (χ4n) is 1.26. The van der Waals surface area contributed by atoms with E-state index in [1.165, 1.54) is 6.92 Å². The van der Waals surface area contributed by atoms with Crippen LogP contribution in [0.4, 0.5) is 0 Å². The van der Waals surface area contributed by atoms with Crippen LogP contribution in [0.15, 0.2) is 24.3 Å². The maximum absolute atomic E-state index is 11.0. The molecule has 0 spiro atoms. The van der Waals surface area contributed by atoms with Crippen molar-refractivity contribution >= 4 is 11.6 Å².